The molecular weight excluding hydrogens is 1560 g/mol. The van der Waals surface area contributed by atoms with E-state index in [4.69, 9.17) is 0 Å². The molecule has 8 unspecified atom stereocenters. The van der Waals surface area contributed by atoms with Gasteiger partial charge < -0.3 is 0 Å². The molecule has 9 heteroatoms. The van der Waals surface area contributed by atoms with Crippen LogP contribution in [-0.4, -0.2) is 17.6 Å². The zero-order valence-electron chi connectivity index (χ0n) is 61.1. The van der Waals surface area contributed by atoms with Crippen LogP contribution in [0, 0.1) is 23.3 Å². The summed E-state index contributed by atoms with van der Waals surface area (Å²) in [4.78, 5) is 0. The monoisotopic (exact) mass is 1640 g/mol. The van der Waals surface area contributed by atoms with Crippen LogP contribution in [0.4, 0.5) is 17.6 Å². The molecule has 0 N–H and O–H groups in total. The van der Waals surface area contributed by atoms with Crippen LogP contribution in [0.15, 0.2) is 383 Å². The molecule has 8 atom stereocenters. The van der Waals surface area contributed by atoms with Crippen LogP contribution in [0.1, 0.15) is 99.3 Å². The maximum absolute atomic E-state index is 17.5. The van der Waals surface area contributed by atoms with Gasteiger partial charge in [0.05, 0.1) is 0 Å². The third-order valence-electron chi connectivity index (χ3n) is 27.8. The summed E-state index contributed by atoms with van der Waals surface area (Å²) in [5, 5.41) is 0. The summed E-state index contributed by atoms with van der Waals surface area (Å²) in [6, 6.07) is 62.5. The summed E-state index contributed by atoms with van der Waals surface area (Å²) < 4.78 is 66.1. The molecule has 107 heavy (non-hydrogen) atoms. The van der Waals surface area contributed by atoms with Crippen LogP contribution >= 0.6 is 17.2 Å². The first-order chi connectivity index (χ1) is 52.0. The zero-order chi connectivity index (χ0) is 73.6. The Morgan fingerprint density at radius 1 is 0.308 bits per heavy atom. The van der Waals surface area contributed by atoms with Gasteiger partial charge in [-0.05, 0) is 0 Å². The molecular formula is C98H84Cl2F4HfSi2. The number of fused-ring (bicyclic) bond motifs is 8. The van der Waals surface area contributed by atoms with Crippen LogP contribution in [0.25, 0.3) is 44.5 Å². The molecule has 18 rings (SSSR count). The van der Waals surface area contributed by atoms with Gasteiger partial charge in [-0.25, -0.2) is 0 Å². The Morgan fingerprint density at radius 3 is 0.720 bits per heavy atom. The topological polar surface area (TPSA) is 0 Å². The van der Waals surface area contributed by atoms with E-state index in [0.29, 0.717) is 47.9 Å². The number of halogens is 6. The summed E-state index contributed by atoms with van der Waals surface area (Å²) in [6.45, 7) is 14.6. The molecule has 2 fully saturated rings. The molecule has 2 heterocycles. The summed E-state index contributed by atoms with van der Waals surface area (Å²) in [7, 11) is 17.6. The van der Waals surface area contributed by atoms with E-state index in [9.17, 15) is 17.2 Å². The van der Waals surface area contributed by atoms with Crippen molar-refractivity contribution in [2.75, 3.05) is 0 Å². The number of rotatable bonds is 12. The average molecular weight is 1640 g/mol. The van der Waals surface area contributed by atoms with Crippen LogP contribution < -0.4 is 0 Å². The van der Waals surface area contributed by atoms with E-state index < -0.39 is 67.1 Å². The molecule has 5 spiro atoms. The second-order valence-corrected chi connectivity index (χ2v) is 85.5. The molecule has 8 aliphatic carbocycles. The van der Waals surface area contributed by atoms with Gasteiger partial charge in [0.15, 0.2) is 0 Å². The Labute approximate surface area is 635 Å². The van der Waals surface area contributed by atoms with Gasteiger partial charge in [0.2, 0.25) is 0 Å². The van der Waals surface area contributed by atoms with Gasteiger partial charge in [0.1, 0.15) is 0 Å². The molecule has 8 aromatic carbocycles. The Hall–Kier alpha value is -8.80. The van der Waals surface area contributed by atoms with Gasteiger partial charge in [0.25, 0.3) is 0 Å². The molecule has 530 valence electrons. The molecule has 0 radical (unpaired) electrons. The van der Waals surface area contributed by atoms with E-state index in [1.807, 2.05) is 146 Å². The first-order valence-corrected chi connectivity index (χ1v) is 59.1. The van der Waals surface area contributed by atoms with E-state index in [2.05, 4.69) is 187 Å². The third kappa shape index (κ3) is 8.43. The van der Waals surface area contributed by atoms with E-state index in [0.717, 1.165) is 89.1 Å². The van der Waals surface area contributed by atoms with Crippen molar-refractivity contribution < 1.29 is 32.2 Å². The first-order valence-electron chi connectivity index (χ1n) is 38.4. The number of allylic oxidation sites excluding steroid dienone is 32. The van der Waals surface area contributed by atoms with E-state index in [1.54, 1.807) is 24.3 Å². The Balaban J connectivity index is 0.998. The fourth-order valence-corrected chi connectivity index (χ4v) is 195. The predicted octanol–water partition coefficient (Wildman–Crippen LogP) is 27.5. The molecule has 2 saturated heterocycles. The molecule has 0 saturated carbocycles. The van der Waals surface area contributed by atoms with Crippen molar-refractivity contribution in [2.45, 2.75) is 101 Å². The van der Waals surface area contributed by atoms with Gasteiger partial charge in [-0.3, -0.25) is 0 Å². The van der Waals surface area contributed by atoms with Crippen molar-refractivity contribution in [1.82, 2.24) is 0 Å². The van der Waals surface area contributed by atoms with Gasteiger partial charge >= 0.3 is 641 Å². The van der Waals surface area contributed by atoms with Crippen molar-refractivity contribution >= 4 is 34.7 Å². The molecule has 0 nitrogen and oxygen atoms in total. The van der Waals surface area contributed by atoms with Gasteiger partial charge in [-0.15, -0.1) is 0 Å². The summed E-state index contributed by atoms with van der Waals surface area (Å²) in [6.07, 6.45) is 48.8. The van der Waals surface area contributed by atoms with Crippen LogP contribution in [-0.2, 0) is 14.7 Å². The molecule has 0 aromatic heterocycles. The van der Waals surface area contributed by atoms with E-state index >= 15 is 17.6 Å². The van der Waals surface area contributed by atoms with Gasteiger partial charge in [0, 0.05) is 0 Å². The quantitative estimate of drug-likeness (QED) is 0.0845. The summed E-state index contributed by atoms with van der Waals surface area (Å²) in [5.74, 6) is -2.83. The Kier molecular flexibility index (Phi) is 16.6. The summed E-state index contributed by atoms with van der Waals surface area (Å²) >= 11 is -8.40. The average Bonchev–Trinajstić information content (AvgIpc) is 1.51. The molecule has 10 aliphatic rings. The fraction of sp³-hybridized carbons (Fsp3) is 0.184. The zero-order valence-corrected chi connectivity index (χ0v) is 68.5. The predicted molar refractivity (Wildman–Crippen MR) is 442 cm³/mol. The summed E-state index contributed by atoms with van der Waals surface area (Å²) in [5.41, 5.74) is 22.6. The standard InChI is InChI=1S/2C49H42F2Si.2ClH.Hf/c2*1-4-32-28-44-38(36-24-26-40(46(50)30-36)34-16-8-6-9-17-34)20-12-14-22-42(44)48(32)52(3)49-33(5-2)29-45-39(21-13-15-23-43(45)49)37-25-27-41(47(51)31-37)35-18-10-7-11-19-35;;;/h2*6-31,38-39,52H,4-5H2,1-3H3;2*1H;/q;;;;+2/p-2. The molecule has 8 aromatic rings. The first kappa shape index (κ1) is 69.9. The second kappa shape index (κ2) is 25.4. The Bertz CT molecular complexity index is 5010. The van der Waals surface area contributed by atoms with Crippen molar-refractivity contribution in [2.24, 2.45) is 0 Å². The number of hydrogen-bond donors (Lipinski definition) is 0. The van der Waals surface area contributed by atoms with Crippen LogP contribution in [0.3, 0.4) is 0 Å². The van der Waals surface area contributed by atoms with Crippen LogP contribution in [0.5, 0.6) is 0 Å². The molecule has 0 bridgehead atoms. The number of benzene rings is 8. The van der Waals surface area contributed by atoms with Crippen molar-refractivity contribution in [3.63, 3.8) is 0 Å². The van der Waals surface area contributed by atoms with Gasteiger partial charge in [-0.2, -0.15) is 0 Å². The molecule has 2 aliphatic heterocycles. The maximum atomic E-state index is 17.5. The van der Waals surface area contributed by atoms with E-state index in [-0.39, 0.29) is 23.3 Å². The van der Waals surface area contributed by atoms with Crippen molar-refractivity contribution in [3.8, 4) is 44.5 Å². The second-order valence-electron chi connectivity index (χ2n) is 31.1. The Morgan fingerprint density at radius 2 is 0.523 bits per heavy atom. The van der Waals surface area contributed by atoms with Crippen LogP contribution in [0.2, 0.25) is 24.3 Å². The molecule has 0 amide bonds. The SMILES string of the molecule is CCC1=CC2=C(C=CC=CC2c2ccc(-c3ccccc3)c(F)c2)[C]12[SiH](C)[C]1(C(CC)=CC3=C1C=CC=CC3c1ccc(-c3ccccc3)c(F)c1)[Hf]21([Cl])([Cl])[C]2(C(CC)=CC3=C2C=CC=CC3c2ccc(-c3ccccc3)c(F)c2)[SiH](C)[C]12C(CC)=CC1=C2C=CC=CC1c1ccc(-c2ccccc2)c(F)c1. The number of hydrogen-bond acceptors (Lipinski definition) is 0. The van der Waals surface area contributed by atoms with Crippen molar-refractivity contribution in [1.29, 1.82) is 0 Å². The normalized spacial score (nSPS) is 28.8. The minimum atomic E-state index is -8.40. The minimum absolute atomic E-state index is 0.294. The van der Waals surface area contributed by atoms with Crippen molar-refractivity contribution in [3.05, 3.63) is 428 Å². The third-order valence-corrected chi connectivity index (χ3v) is 144. The fourth-order valence-electron chi connectivity index (χ4n) is 24.8. The van der Waals surface area contributed by atoms with E-state index in [1.165, 1.54) is 22.3 Å². The van der Waals surface area contributed by atoms with Gasteiger partial charge in [-0.1, -0.05) is 0 Å².